The van der Waals surface area contributed by atoms with E-state index in [1.54, 1.807) is 12.1 Å². The first-order valence-electron chi connectivity index (χ1n) is 18.8. The van der Waals surface area contributed by atoms with Crippen LogP contribution in [0.5, 0.6) is 34.5 Å². The molecule has 0 aromatic heterocycles. The fourth-order valence-electron chi connectivity index (χ4n) is 6.28. The molecule has 1 unspecified atom stereocenters. The van der Waals surface area contributed by atoms with Crippen LogP contribution in [-0.4, -0.2) is 77.9 Å². The predicted molar refractivity (Wildman–Crippen MR) is 225 cm³/mol. The molecule has 8 N–H and O–H groups in total. The Hall–Kier alpha value is -8.28. The van der Waals surface area contributed by atoms with Crippen LogP contribution in [0.1, 0.15) is 60.8 Å². The number of methoxy groups -OCH3 is 2. The van der Waals surface area contributed by atoms with Crippen molar-refractivity contribution in [1.29, 1.82) is 0 Å². The number of hydrogen-bond donors (Lipinski definition) is 8. The Morgan fingerprint density at radius 3 is 1.71 bits per heavy atom. The Morgan fingerprint density at radius 1 is 0.613 bits per heavy atom. The highest BCUT2D eigenvalue weighted by molar-refractivity contribution is 6.10. The second-order valence-corrected chi connectivity index (χ2v) is 13.9. The monoisotopic (exact) mass is 847 g/mol. The summed E-state index contributed by atoms with van der Waals surface area (Å²) in [4.78, 5) is 76.4. The van der Waals surface area contributed by atoms with Crippen LogP contribution in [0.2, 0.25) is 0 Å². The fraction of sp³-hybridized carbons (Fsp3) is 0.182. The van der Waals surface area contributed by atoms with E-state index in [1.165, 1.54) is 75.7 Å². The van der Waals surface area contributed by atoms with Crippen LogP contribution in [0, 0.1) is 5.92 Å². The second-order valence-electron chi connectivity index (χ2n) is 13.9. The molecule has 0 bridgehead atoms. The third kappa shape index (κ3) is 9.77. The third-order valence-electron chi connectivity index (χ3n) is 9.64. The lowest BCUT2D eigenvalue weighted by atomic mass is 10.00. The fourth-order valence-corrected chi connectivity index (χ4v) is 6.28. The van der Waals surface area contributed by atoms with Crippen LogP contribution in [0.4, 0.5) is 22.7 Å². The van der Waals surface area contributed by atoms with Gasteiger partial charge in [-0.3, -0.25) is 24.0 Å². The van der Waals surface area contributed by atoms with Gasteiger partial charge in [-0.15, -0.1) is 0 Å². The van der Waals surface area contributed by atoms with Crippen molar-refractivity contribution in [2.45, 2.75) is 26.3 Å². The number of amides is 5. The van der Waals surface area contributed by atoms with Gasteiger partial charge in [0.1, 0.15) is 11.6 Å². The molecular weight excluding hydrogens is 807 g/mol. The van der Waals surface area contributed by atoms with E-state index in [4.69, 9.17) is 18.9 Å². The molecule has 1 heterocycles. The Kier molecular flexibility index (Phi) is 13.1. The standard InChI is InChI=1S/C44H41N5O13/c1-22(19-24-5-18-33-34(20-24)62-21-61-33)39(52)46-27-10-6-25(7-11-27)41(54)45-23(2)40(53)47-28-12-8-26(9-13-28)42(55)48-31-16-14-29(35(50)37(31)59-3)43(56)49-32-17-15-30(44(57)58)36(51)38(32)60-4/h5-18,20,22-23,50-51H,19,21H2,1-4H3,(H,45,54)(H,46,52)(H,47,53)(H,48,55)(H,49,56)(H,57,58)/t22?,23-/m0/s1. The second kappa shape index (κ2) is 18.8. The van der Waals surface area contributed by atoms with Crippen molar-refractivity contribution < 1.29 is 63.0 Å². The van der Waals surface area contributed by atoms with Gasteiger partial charge in [0.2, 0.25) is 18.6 Å². The number of carbonyl (C=O) groups is 6. The van der Waals surface area contributed by atoms with Crippen molar-refractivity contribution in [2.75, 3.05) is 42.3 Å². The highest BCUT2D eigenvalue weighted by Gasteiger charge is 2.25. The van der Waals surface area contributed by atoms with Crippen LogP contribution >= 0.6 is 0 Å². The van der Waals surface area contributed by atoms with Gasteiger partial charge in [-0.05, 0) is 104 Å². The number of carboxylic acids is 1. The number of aromatic hydroxyl groups is 2. The molecular formula is C44H41N5O13. The lowest BCUT2D eigenvalue weighted by molar-refractivity contribution is -0.119. The summed E-state index contributed by atoms with van der Waals surface area (Å²) in [6.07, 6.45) is 0.481. The predicted octanol–water partition coefficient (Wildman–Crippen LogP) is 5.62. The SMILES string of the molecule is COc1c(NC(=O)c2ccc(NC(=O)c3ccc(NC(=O)[C@H](C)NC(=O)c4ccc(NC(=O)C(C)Cc5ccc6c(c5)OCO6)cc4)cc3)c(OC)c2O)ccc(C(=O)O)c1O. The summed E-state index contributed by atoms with van der Waals surface area (Å²) in [7, 11) is 2.38. The molecule has 62 heavy (non-hydrogen) atoms. The zero-order valence-corrected chi connectivity index (χ0v) is 33.7. The third-order valence-corrected chi connectivity index (χ3v) is 9.64. The zero-order valence-electron chi connectivity index (χ0n) is 33.7. The van der Waals surface area contributed by atoms with E-state index in [0.717, 1.165) is 11.6 Å². The van der Waals surface area contributed by atoms with Gasteiger partial charge in [-0.1, -0.05) is 13.0 Å². The smallest absolute Gasteiger partial charge is 0.339 e. The van der Waals surface area contributed by atoms with Crippen LogP contribution in [0.3, 0.4) is 0 Å². The summed E-state index contributed by atoms with van der Waals surface area (Å²) in [5, 5.41) is 43.6. The number of phenols is 2. The molecule has 5 amide bonds. The number of rotatable bonds is 15. The lowest BCUT2D eigenvalue weighted by Crippen LogP contribution is -2.41. The molecule has 1 aliphatic rings. The van der Waals surface area contributed by atoms with Crippen LogP contribution in [0.15, 0.2) is 91.0 Å². The molecule has 18 nitrogen and oxygen atoms in total. The van der Waals surface area contributed by atoms with Gasteiger partial charge in [0, 0.05) is 28.4 Å². The number of hydrogen-bond acceptors (Lipinski definition) is 12. The summed E-state index contributed by atoms with van der Waals surface area (Å²) in [5.41, 5.74) is 1.36. The van der Waals surface area contributed by atoms with Crippen molar-refractivity contribution >= 4 is 58.3 Å². The maximum Gasteiger partial charge on any atom is 0.339 e. The largest absolute Gasteiger partial charge is 0.504 e. The van der Waals surface area contributed by atoms with Crippen LogP contribution in [-0.2, 0) is 16.0 Å². The molecule has 18 heteroatoms. The summed E-state index contributed by atoms with van der Waals surface area (Å²) in [6, 6.07) is 21.4. The van der Waals surface area contributed by atoms with Crippen molar-refractivity contribution in [3.63, 3.8) is 0 Å². The Balaban J connectivity index is 0.994. The van der Waals surface area contributed by atoms with Crippen molar-refractivity contribution in [3.8, 4) is 34.5 Å². The zero-order chi connectivity index (χ0) is 44.7. The molecule has 5 aromatic rings. The van der Waals surface area contributed by atoms with E-state index < -0.39 is 52.7 Å². The summed E-state index contributed by atoms with van der Waals surface area (Å²) >= 11 is 0. The van der Waals surface area contributed by atoms with E-state index in [0.29, 0.717) is 29.3 Å². The highest BCUT2D eigenvalue weighted by Crippen LogP contribution is 2.41. The van der Waals surface area contributed by atoms with Gasteiger partial charge in [0.05, 0.1) is 31.2 Å². The normalized spacial score (nSPS) is 12.3. The van der Waals surface area contributed by atoms with Crippen LogP contribution < -0.4 is 45.5 Å². The molecule has 0 fully saturated rings. The molecule has 2 atom stereocenters. The van der Waals surface area contributed by atoms with E-state index in [1.807, 2.05) is 25.1 Å². The number of anilines is 4. The molecule has 0 aliphatic carbocycles. The molecule has 320 valence electrons. The Morgan fingerprint density at radius 2 is 1.13 bits per heavy atom. The van der Waals surface area contributed by atoms with Gasteiger partial charge in [0.25, 0.3) is 17.7 Å². The average Bonchev–Trinajstić information content (AvgIpc) is 3.72. The van der Waals surface area contributed by atoms with E-state index in [-0.39, 0.29) is 58.2 Å². The van der Waals surface area contributed by atoms with E-state index in [9.17, 15) is 44.1 Å². The van der Waals surface area contributed by atoms with Crippen molar-refractivity contribution in [3.05, 3.63) is 119 Å². The molecule has 1 aliphatic heterocycles. The van der Waals surface area contributed by atoms with Gasteiger partial charge in [-0.25, -0.2) is 4.79 Å². The Bertz CT molecular complexity index is 2560. The number of phenolic OH excluding ortho intramolecular Hbond substituents is 1. The first-order chi connectivity index (χ1) is 29.7. The molecule has 6 rings (SSSR count). The lowest BCUT2D eigenvalue weighted by Gasteiger charge is -2.16. The van der Waals surface area contributed by atoms with Crippen molar-refractivity contribution in [2.24, 2.45) is 5.92 Å². The van der Waals surface area contributed by atoms with E-state index in [2.05, 4.69) is 26.6 Å². The first kappa shape index (κ1) is 43.3. The molecule has 0 radical (unpaired) electrons. The number of fused-ring (bicyclic) bond motifs is 1. The number of benzene rings is 5. The van der Waals surface area contributed by atoms with Crippen LogP contribution in [0.25, 0.3) is 0 Å². The summed E-state index contributed by atoms with van der Waals surface area (Å²) in [6.45, 7) is 3.48. The number of aromatic carboxylic acids is 1. The number of ether oxygens (including phenoxy) is 4. The molecule has 0 spiro atoms. The average molecular weight is 848 g/mol. The van der Waals surface area contributed by atoms with Gasteiger partial charge in [0.15, 0.2) is 34.5 Å². The molecule has 5 aromatic carbocycles. The minimum absolute atomic E-state index is 0.0114. The number of carbonyl (C=O) groups excluding carboxylic acids is 5. The molecule has 0 saturated heterocycles. The topological polar surface area (TPSA) is 260 Å². The Labute approximate surface area is 353 Å². The van der Waals surface area contributed by atoms with Gasteiger partial charge < -0.3 is 60.9 Å². The first-order valence-corrected chi connectivity index (χ1v) is 18.8. The van der Waals surface area contributed by atoms with Gasteiger partial charge >= 0.3 is 5.97 Å². The minimum atomic E-state index is -1.42. The minimum Gasteiger partial charge on any atom is -0.504 e. The maximum absolute atomic E-state index is 13.2. The quantitative estimate of drug-likeness (QED) is 0.0637. The number of carboxylic acid groups (broad SMARTS) is 1. The molecule has 0 saturated carbocycles. The maximum atomic E-state index is 13.2. The van der Waals surface area contributed by atoms with E-state index >= 15 is 0 Å². The number of nitrogens with one attached hydrogen (secondary N) is 5. The van der Waals surface area contributed by atoms with Crippen molar-refractivity contribution in [1.82, 2.24) is 5.32 Å². The highest BCUT2D eigenvalue weighted by atomic mass is 16.7. The van der Waals surface area contributed by atoms with Gasteiger partial charge in [-0.2, -0.15) is 0 Å². The summed E-state index contributed by atoms with van der Waals surface area (Å²) < 4.78 is 21.1. The summed E-state index contributed by atoms with van der Waals surface area (Å²) in [5.74, 6) is -5.12.